The van der Waals surface area contributed by atoms with Crippen LogP contribution in [-0.2, 0) is 9.53 Å². The van der Waals surface area contributed by atoms with E-state index in [-0.39, 0.29) is 18.1 Å². The van der Waals surface area contributed by atoms with Crippen LogP contribution < -0.4 is 5.73 Å². The molecule has 0 bridgehead atoms. The number of Topliss-reactive ketones (excluding diaryl/α,β-unsaturated/α-hetero) is 1. The second-order valence-corrected chi connectivity index (χ2v) is 3.55. The number of carbonyl (C=O) groups excluding carboxylic acids is 2. The van der Waals surface area contributed by atoms with Crippen molar-refractivity contribution < 1.29 is 14.3 Å². The van der Waals surface area contributed by atoms with Gasteiger partial charge in [0.1, 0.15) is 6.04 Å². The molecule has 1 rings (SSSR count). The number of benzene rings is 1. The van der Waals surface area contributed by atoms with Crippen LogP contribution in [0.4, 0.5) is 0 Å². The summed E-state index contributed by atoms with van der Waals surface area (Å²) in [4.78, 5) is 22.7. The molecular formula is C11H13NO3S. The number of hydrogen-bond donors (Lipinski definition) is 2. The summed E-state index contributed by atoms with van der Waals surface area (Å²) in [6.07, 6.45) is 0. The van der Waals surface area contributed by atoms with Crippen molar-refractivity contribution in [2.75, 3.05) is 12.4 Å². The van der Waals surface area contributed by atoms with Crippen molar-refractivity contribution in [3.63, 3.8) is 0 Å². The third-order valence-corrected chi connectivity index (χ3v) is 2.33. The van der Waals surface area contributed by atoms with Gasteiger partial charge in [0.2, 0.25) is 0 Å². The number of ketones is 1. The lowest BCUT2D eigenvalue weighted by atomic mass is 10.1. The fourth-order valence-electron chi connectivity index (χ4n) is 1.03. The van der Waals surface area contributed by atoms with Crippen molar-refractivity contribution in [1.29, 1.82) is 0 Å². The average Bonchev–Trinajstić information content (AvgIpc) is 2.35. The first-order valence-corrected chi connectivity index (χ1v) is 5.39. The van der Waals surface area contributed by atoms with Crippen molar-refractivity contribution >= 4 is 24.4 Å². The Morgan fingerprint density at radius 1 is 1.31 bits per heavy atom. The summed E-state index contributed by atoms with van der Waals surface area (Å²) >= 11 is 3.86. The van der Waals surface area contributed by atoms with Gasteiger partial charge in [0.25, 0.3) is 0 Å². The molecule has 0 saturated heterocycles. The molecule has 0 aliphatic carbocycles. The van der Waals surface area contributed by atoms with Crippen LogP contribution in [0.25, 0.3) is 0 Å². The Balaban J connectivity index is 2.45. The van der Waals surface area contributed by atoms with Gasteiger partial charge in [-0.15, -0.1) is 0 Å². The van der Waals surface area contributed by atoms with Crippen LogP contribution in [0.15, 0.2) is 30.3 Å². The summed E-state index contributed by atoms with van der Waals surface area (Å²) in [5.74, 6) is -0.669. The van der Waals surface area contributed by atoms with Gasteiger partial charge in [-0.2, -0.15) is 12.6 Å². The largest absolute Gasteiger partial charge is 0.456 e. The fraction of sp³-hybridized carbons (Fsp3) is 0.273. The van der Waals surface area contributed by atoms with Gasteiger partial charge in [0, 0.05) is 11.3 Å². The summed E-state index contributed by atoms with van der Waals surface area (Å²) < 4.78 is 4.75. The van der Waals surface area contributed by atoms with Crippen molar-refractivity contribution in [2.24, 2.45) is 5.73 Å². The second kappa shape index (κ2) is 6.30. The van der Waals surface area contributed by atoms with E-state index in [2.05, 4.69) is 12.6 Å². The van der Waals surface area contributed by atoms with Crippen LogP contribution in [0, 0.1) is 0 Å². The molecule has 4 nitrogen and oxygen atoms in total. The normalized spacial score (nSPS) is 11.9. The molecule has 1 aromatic rings. The minimum Gasteiger partial charge on any atom is -0.456 e. The molecule has 16 heavy (non-hydrogen) atoms. The van der Waals surface area contributed by atoms with Gasteiger partial charge in [-0.05, 0) is 0 Å². The lowest BCUT2D eigenvalue weighted by Crippen LogP contribution is -2.35. The van der Waals surface area contributed by atoms with E-state index in [1.54, 1.807) is 30.3 Å². The average molecular weight is 239 g/mol. The maximum atomic E-state index is 11.5. The van der Waals surface area contributed by atoms with Crippen LogP contribution in [0.3, 0.4) is 0 Å². The topological polar surface area (TPSA) is 69.4 Å². The van der Waals surface area contributed by atoms with Crippen molar-refractivity contribution in [3.05, 3.63) is 35.9 Å². The Kier molecular flexibility index (Phi) is 5.01. The molecule has 0 saturated carbocycles. The highest BCUT2D eigenvalue weighted by atomic mass is 32.1. The molecular weight excluding hydrogens is 226 g/mol. The lowest BCUT2D eigenvalue weighted by molar-refractivity contribution is -0.143. The SMILES string of the molecule is NC(CS)C(=O)OCC(=O)c1ccccc1. The third-order valence-electron chi connectivity index (χ3n) is 1.94. The van der Waals surface area contributed by atoms with Gasteiger partial charge in [0.05, 0.1) is 0 Å². The molecule has 2 N–H and O–H groups in total. The molecule has 0 fully saturated rings. The number of thiol groups is 1. The highest BCUT2D eigenvalue weighted by molar-refractivity contribution is 7.80. The quantitative estimate of drug-likeness (QED) is 0.450. The number of nitrogens with two attached hydrogens (primary N) is 1. The van der Waals surface area contributed by atoms with Gasteiger partial charge in [0.15, 0.2) is 12.4 Å². The van der Waals surface area contributed by atoms with E-state index in [4.69, 9.17) is 10.5 Å². The standard InChI is InChI=1S/C11H13NO3S/c12-9(7-16)11(14)15-6-10(13)8-4-2-1-3-5-8/h1-5,9,16H,6-7,12H2. The first kappa shape index (κ1) is 12.7. The third kappa shape index (κ3) is 3.67. The predicted octanol–water partition coefficient (Wildman–Crippen LogP) is 0.670. The summed E-state index contributed by atoms with van der Waals surface area (Å²) in [5, 5.41) is 0. The predicted molar refractivity (Wildman–Crippen MR) is 63.6 cm³/mol. The summed E-state index contributed by atoms with van der Waals surface area (Å²) in [7, 11) is 0. The van der Waals surface area contributed by atoms with Gasteiger partial charge in [-0.1, -0.05) is 30.3 Å². The van der Waals surface area contributed by atoms with Gasteiger partial charge in [-0.25, -0.2) is 0 Å². The van der Waals surface area contributed by atoms with E-state index in [0.29, 0.717) is 5.56 Å². The molecule has 0 aliphatic heterocycles. The molecule has 1 unspecified atom stereocenters. The van der Waals surface area contributed by atoms with E-state index < -0.39 is 12.0 Å². The Morgan fingerprint density at radius 3 is 2.50 bits per heavy atom. The Morgan fingerprint density at radius 2 is 1.94 bits per heavy atom. The van der Waals surface area contributed by atoms with Gasteiger partial charge >= 0.3 is 5.97 Å². The highest BCUT2D eigenvalue weighted by Crippen LogP contribution is 2.00. The van der Waals surface area contributed by atoms with Crippen molar-refractivity contribution in [3.8, 4) is 0 Å². The lowest BCUT2D eigenvalue weighted by Gasteiger charge is -2.08. The minimum atomic E-state index is -0.785. The van der Waals surface area contributed by atoms with E-state index in [1.807, 2.05) is 0 Å². The van der Waals surface area contributed by atoms with E-state index in [1.165, 1.54) is 0 Å². The Hall–Kier alpha value is -1.33. The van der Waals surface area contributed by atoms with Crippen LogP contribution in [0.1, 0.15) is 10.4 Å². The summed E-state index contributed by atoms with van der Waals surface area (Å²) in [6.45, 7) is -0.287. The smallest absolute Gasteiger partial charge is 0.324 e. The molecule has 5 heteroatoms. The van der Waals surface area contributed by atoms with Gasteiger partial charge < -0.3 is 10.5 Å². The molecule has 86 valence electrons. The highest BCUT2D eigenvalue weighted by Gasteiger charge is 2.15. The summed E-state index contributed by atoms with van der Waals surface area (Å²) in [5.41, 5.74) is 5.89. The first-order valence-electron chi connectivity index (χ1n) is 4.76. The molecule has 0 radical (unpaired) electrons. The maximum Gasteiger partial charge on any atom is 0.324 e. The first-order chi connectivity index (χ1) is 7.65. The monoisotopic (exact) mass is 239 g/mol. The van der Waals surface area contributed by atoms with Crippen LogP contribution >= 0.6 is 12.6 Å². The zero-order valence-electron chi connectivity index (χ0n) is 8.63. The molecule has 0 spiro atoms. The number of esters is 1. The molecule has 0 amide bonds. The minimum absolute atomic E-state index is 0.193. The zero-order chi connectivity index (χ0) is 12.0. The van der Waals surface area contributed by atoms with Crippen LogP contribution in [0.2, 0.25) is 0 Å². The molecule has 1 aromatic carbocycles. The van der Waals surface area contributed by atoms with Crippen LogP contribution in [-0.4, -0.2) is 30.2 Å². The van der Waals surface area contributed by atoms with Crippen LogP contribution in [0.5, 0.6) is 0 Å². The van der Waals surface area contributed by atoms with E-state index >= 15 is 0 Å². The fourth-order valence-corrected chi connectivity index (χ4v) is 1.17. The molecule has 1 atom stereocenters. The summed E-state index contributed by atoms with van der Waals surface area (Å²) in [6, 6.07) is 7.83. The number of ether oxygens (including phenoxy) is 1. The molecule has 0 aromatic heterocycles. The zero-order valence-corrected chi connectivity index (χ0v) is 9.52. The Bertz CT molecular complexity index is 367. The van der Waals surface area contributed by atoms with E-state index in [9.17, 15) is 9.59 Å². The van der Waals surface area contributed by atoms with E-state index in [0.717, 1.165) is 0 Å². The number of carbonyl (C=O) groups is 2. The molecule has 0 aliphatic rings. The number of rotatable bonds is 5. The second-order valence-electron chi connectivity index (χ2n) is 3.19. The maximum absolute atomic E-state index is 11.5. The van der Waals surface area contributed by atoms with Gasteiger partial charge in [-0.3, -0.25) is 9.59 Å². The number of hydrogen-bond acceptors (Lipinski definition) is 5. The van der Waals surface area contributed by atoms with Crippen molar-refractivity contribution in [1.82, 2.24) is 0 Å². The Labute approximate surface area is 99.2 Å². The molecule has 0 heterocycles. The van der Waals surface area contributed by atoms with Crippen molar-refractivity contribution in [2.45, 2.75) is 6.04 Å².